The van der Waals surface area contributed by atoms with Crippen LogP contribution in [0, 0.1) is 5.41 Å². The molecule has 0 aromatic heterocycles. The second-order valence-electron chi connectivity index (χ2n) is 9.88. The molecule has 2 heterocycles. The lowest BCUT2D eigenvalue weighted by atomic mass is 9.49. The van der Waals surface area contributed by atoms with E-state index in [1.165, 1.54) is 0 Å². The summed E-state index contributed by atoms with van der Waals surface area (Å²) in [7, 11) is 2.04. The molecule has 5 rings (SSSR count). The number of aliphatic hydroxyl groups is 1. The molecule has 28 heavy (non-hydrogen) atoms. The molecule has 2 fully saturated rings. The Hall–Kier alpha value is -1.92. The average Bonchev–Trinajstić information content (AvgIpc) is 2.97. The highest BCUT2D eigenvalue weighted by molar-refractivity contribution is 5.90. The number of ketones is 1. The van der Waals surface area contributed by atoms with Gasteiger partial charge in [-0.05, 0) is 65.3 Å². The van der Waals surface area contributed by atoms with Gasteiger partial charge < -0.3 is 19.5 Å². The number of carbonyl (C=O) groups is 2. The van der Waals surface area contributed by atoms with E-state index in [0.717, 1.165) is 17.7 Å². The minimum absolute atomic E-state index is 0.0325. The molecule has 4 atom stereocenters. The first-order chi connectivity index (χ1) is 13.1. The third-order valence-electron chi connectivity index (χ3n) is 7.33. The fourth-order valence-corrected chi connectivity index (χ4v) is 5.86. The van der Waals surface area contributed by atoms with E-state index in [9.17, 15) is 14.7 Å². The number of hydrogen-bond acceptors (Lipinski definition) is 6. The first kappa shape index (κ1) is 18.1. The third kappa shape index (κ3) is 2.00. The van der Waals surface area contributed by atoms with Gasteiger partial charge in [0.2, 0.25) is 0 Å². The van der Waals surface area contributed by atoms with E-state index >= 15 is 0 Å². The largest absolute Gasteiger partial charge is 0.477 e. The average molecular weight is 385 g/mol. The van der Waals surface area contributed by atoms with Crippen LogP contribution >= 0.6 is 0 Å². The number of ether oxygens (including phenoxy) is 2. The quantitative estimate of drug-likeness (QED) is 0.589. The van der Waals surface area contributed by atoms with Gasteiger partial charge in [-0.1, -0.05) is 6.07 Å². The van der Waals surface area contributed by atoms with Crippen molar-refractivity contribution in [1.82, 2.24) is 4.90 Å². The molecule has 1 aromatic carbocycles. The van der Waals surface area contributed by atoms with Crippen molar-refractivity contribution in [3.63, 3.8) is 0 Å². The van der Waals surface area contributed by atoms with Gasteiger partial charge in [0.15, 0.2) is 23.4 Å². The Bertz CT molecular complexity index is 903. The molecule has 1 spiro atoms. The lowest BCUT2D eigenvalue weighted by molar-refractivity contribution is -0.185. The molecule has 1 saturated heterocycles. The standard InChI is InChI=1S/C22H27NO5/c1-20(2,3)19(25)27-14-6-5-12-11-15-22(26)8-7-13(24)18-21(22,9-10-23(15)4)16(12)17(14)28-18/h5-6,15,18,26H,7-11H2,1-4H3/t15-,18+,21+,22-/m1/s1. The fourth-order valence-electron chi connectivity index (χ4n) is 5.86. The highest BCUT2D eigenvalue weighted by Crippen LogP contribution is 2.64. The van der Waals surface area contributed by atoms with E-state index in [4.69, 9.17) is 9.47 Å². The molecule has 150 valence electrons. The maximum atomic E-state index is 12.9. The molecule has 1 aromatic rings. The maximum absolute atomic E-state index is 12.9. The van der Waals surface area contributed by atoms with Crippen molar-refractivity contribution >= 4 is 11.8 Å². The molecular weight excluding hydrogens is 358 g/mol. The molecule has 1 saturated carbocycles. The molecule has 6 nitrogen and oxygen atoms in total. The van der Waals surface area contributed by atoms with Gasteiger partial charge in [-0.3, -0.25) is 9.59 Å². The van der Waals surface area contributed by atoms with Crippen molar-refractivity contribution in [1.29, 1.82) is 0 Å². The number of carbonyl (C=O) groups excluding carboxylic acids is 2. The normalized spacial score (nSPS) is 36.0. The molecule has 6 heteroatoms. The fraction of sp³-hybridized carbons (Fsp3) is 0.636. The summed E-state index contributed by atoms with van der Waals surface area (Å²) in [4.78, 5) is 27.6. The maximum Gasteiger partial charge on any atom is 0.316 e. The van der Waals surface area contributed by atoms with E-state index in [-0.39, 0.29) is 17.8 Å². The first-order valence-corrected chi connectivity index (χ1v) is 10.1. The summed E-state index contributed by atoms with van der Waals surface area (Å²) in [5, 5.41) is 11.9. The number of piperidine rings is 1. The highest BCUT2D eigenvalue weighted by atomic mass is 16.6. The number of nitrogens with zero attached hydrogens (tertiary/aromatic N) is 1. The molecule has 0 amide bonds. The van der Waals surface area contributed by atoms with Gasteiger partial charge >= 0.3 is 5.97 Å². The van der Waals surface area contributed by atoms with Crippen LogP contribution in [0.5, 0.6) is 11.5 Å². The number of esters is 1. The van der Waals surface area contributed by atoms with Crippen LogP contribution < -0.4 is 9.47 Å². The monoisotopic (exact) mass is 385 g/mol. The molecule has 1 N–H and O–H groups in total. The number of likely N-dealkylation sites (N-methyl/N-ethyl adjacent to an activating group) is 1. The SMILES string of the molecule is CN1CC[C@]23c4c5ccc(OC(=O)C(C)(C)C)c4O[C@H]2C(=O)CC[C@@]3(O)[C@H]1C5. The van der Waals surface area contributed by atoms with Gasteiger partial charge in [0, 0.05) is 18.0 Å². The Morgan fingerprint density at radius 2 is 2.07 bits per heavy atom. The van der Waals surface area contributed by atoms with Crippen molar-refractivity contribution in [2.45, 2.75) is 69.6 Å². The van der Waals surface area contributed by atoms with Gasteiger partial charge in [0.1, 0.15) is 0 Å². The van der Waals surface area contributed by atoms with E-state index < -0.39 is 22.5 Å². The summed E-state index contributed by atoms with van der Waals surface area (Å²) in [6, 6.07) is 3.71. The van der Waals surface area contributed by atoms with Crippen LogP contribution in [0.1, 0.15) is 51.2 Å². The van der Waals surface area contributed by atoms with E-state index in [1.54, 1.807) is 26.8 Å². The van der Waals surface area contributed by atoms with Crippen LogP contribution in [0.15, 0.2) is 12.1 Å². The molecule has 2 bridgehead atoms. The summed E-state index contributed by atoms with van der Waals surface area (Å²) in [5.41, 5.74) is -0.419. The smallest absolute Gasteiger partial charge is 0.316 e. The van der Waals surface area contributed by atoms with Crippen LogP contribution in [-0.2, 0) is 21.4 Å². The minimum Gasteiger partial charge on any atom is -0.477 e. The number of rotatable bonds is 1. The first-order valence-electron chi connectivity index (χ1n) is 10.1. The zero-order chi connectivity index (χ0) is 20.1. The Balaban J connectivity index is 1.71. The van der Waals surface area contributed by atoms with E-state index in [0.29, 0.717) is 37.2 Å². The molecule has 2 aliphatic carbocycles. The molecule has 0 unspecified atom stereocenters. The Kier molecular flexibility index (Phi) is 3.47. The lowest BCUT2D eigenvalue weighted by Gasteiger charge is -2.62. The molecule has 2 aliphatic heterocycles. The lowest BCUT2D eigenvalue weighted by Crippen LogP contribution is -2.76. The summed E-state index contributed by atoms with van der Waals surface area (Å²) < 4.78 is 11.9. The van der Waals surface area contributed by atoms with Crippen LogP contribution in [0.3, 0.4) is 0 Å². The minimum atomic E-state index is -1.01. The number of Topliss-reactive ketones (excluding diaryl/α,β-unsaturated/α-hetero) is 1. The van der Waals surface area contributed by atoms with Gasteiger partial charge in [-0.15, -0.1) is 0 Å². The van der Waals surface area contributed by atoms with Crippen LogP contribution in [0.2, 0.25) is 0 Å². The Labute approximate surface area is 164 Å². The second-order valence-corrected chi connectivity index (χ2v) is 9.88. The highest BCUT2D eigenvalue weighted by Gasteiger charge is 2.72. The van der Waals surface area contributed by atoms with Crippen LogP contribution in [-0.4, -0.2) is 53.1 Å². The Morgan fingerprint density at radius 1 is 1.32 bits per heavy atom. The number of hydrogen-bond donors (Lipinski definition) is 1. The van der Waals surface area contributed by atoms with Gasteiger partial charge in [-0.25, -0.2) is 0 Å². The summed E-state index contributed by atoms with van der Waals surface area (Å²) in [6.45, 7) is 6.20. The van der Waals surface area contributed by atoms with Gasteiger partial charge in [-0.2, -0.15) is 0 Å². The molecule has 4 aliphatic rings. The topological polar surface area (TPSA) is 76.1 Å². The zero-order valence-corrected chi connectivity index (χ0v) is 16.9. The van der Waals surface area contributed by atoms with Crippen LogP contribution in [0.25, 0.3) is 0 Å². The third-order valence-corrected chi connectivity index (χ3v) is 7.33. The number of likely N-dealkylation sites (tertiary alicyclic amines) is 1. The second kappa shape index (κ2) is 5.36. The summed E-state index contributed by atoms with van der Waals surface area (Å²) in [6.07, 6.45) is 1.42. The van der Waals surface area contributed by atoms with E-state index in [2.05, 4.69) is 4.90 Å². The van der Waals surface area contributed by atoms with Crippen molar-refractivity contribution in [2.24, 2.45) is 5.41 Å². The summed E-state index contributed by atoms with van der Waals surface area (Å²) >= 11 is 0. The van der Waals surface area contributed by atoms with Crippen molar-refractivity contribution in [3.05, 3.63) is 23.3 Å². The predicted molar refractivity (Wildman–Crippen MR) is 102 cm³/mol. The zero-order valence-electron chi connectivity index (χ0n) is 16.9. The Morgan fingerprint density at radius 3 is 2.79 bits per heavy atom. The van der Waals surface area contributed by atoms with Crippen LogP contribution in [0.4, 0.5) is 0 Å². The number of benzene rings is 1. The molecular formula is C22H27NO5. The van der Waals surface area contributed by atoms with E-state index in [1.807, 2.05) is 13.1 Å². The van der Waals surface area contributed by atoms with Gasteiger partial charge in [0.05, 0.1) is 16.4 Å². The van der Waals surface area contributed by atoms with Crippen molar-refractivity contribution < 1.29 is 24.2 Å². The van der Waals surface area contributed by atoms with Gasteiger partial charge in [0.25, 0.3) is 0 Å². The molecule has 0 radical (unpaired) electrons. The summed E-state index contributed by atoms with van der Waals surface area (Å²) in [5.74, 6) is 0.523. The van der Waals surface area contributed by atoms with Crippen molar-refractivity contribution in [3.8, 4) is 11.5 Å². The predicted octanol–water partition coefficient (Wildman–Crippen LogP) is 1.99. The van der Waals surface area contributed by atoms with Crippen molar-refractivity contribution in [2.75, 3.05) is 13.6 Å².